The van der Waals surface area contributed by atoms with Crippen molar-refractivity contribution in [3.05, 3.63) is 0 Å². The molecule has 0 rings (SSSR count). The number of rotatable bonds is 2. The van der Waals surface area contributed by atoms with Crippen molar-refractivity contribution in [2.24, 2.45) is 0 Å². The summed E-state index contributed by atoms with van der Waals surface area (Å²) >= 11 is 8.97. The SMILES string of the molecule is O=C(O)NCC(S)Cl. The minimum absolute atomic E-state index is 0.167. The predicted molar refractivity (Wildman–Crippen MR) is 34.7 cm³/mol. The van der Waals surface area contributed by atoms with E-state index in [1.807, 2.05) is 0 Å². The fourth-order valence-corrected chi connectivity index (χ4v) is 0.340. The molecular weight excluding hydrogens is 150 g/mol. The van der Waals surface area contributed by atoms with Crippen LogP contribution >= 0.6 is 24.2 Å². The molecule has 0 aromatic carbocycles. The Morgan fingerprint density at radius 2 is 2.50 bits per heavy atom. The Morgan fingerprint density at radius 1 is 2.00 bits per heavy atom. The second-order valence-electron chi connectivity index (χ2n) is 1.12. The Hall–Kier alpha value is -0.0900. The molecule has 0 spiro atoms. The summed E-state index contributed by atoms with van der Waals surface area (Å²) in [4.78, 5) is 9.70. The molecule has 0 aliphatic heterocycles. The first-order valence-electron chi connectivity index (χ1n) is 1.92. The van der Waals surface area contributed by atoms with E-state index in [0.29, 0.717) is 0 Å². The number of hydrogen-bond donors (Lipinski definition) is 3. The summed E-state index contributed by atoms with van der Waals surface area (Å²) < 4.78 is -0.439. The minimum Gasteiger partial charge on any atom is -0.465 e. The van der Waals surface area contributed by atoms with Crippen LogP contribution < -0.4 is 5.32 Å². The molecule has 0 aliphatic rings. The molecule has 0 aromatic rings. The molecule has 2 N–H and O–H groups in total. The van der Waals surface area contributed by atoms with Crippen LogP contribution in [-0.4, -0.2) is 22.5 Å². The molecule has 0 aliphatic carbocycles. The predicted octanol–water partition coefficient (Wildman–Crippen LogP) is 0.749. The van der Waals surface area contributed by atoms with E-state index < -0.39 is 10.8 Å². The summed E-state index contributed by atoms with van der Waals surface area (Å²) in [6.07, 6.45) is -1.08. The van der Waals surface area contributed by atoms with Gasteiger partial charge in [0.15, 0.2) is 0 Å². The van der Waals surface area contributed by atoms with Crippen molar-refractivity contribution in [1.82, 2.24) is 5.32 Å². The van der Waals surface area contributed by atoms with E-state index in [0.717, 1.165) is 0 Å². The molecule has 0 fully saturated rings. The fraction of sp³-hybridized carbons (Fsp3) is 0.667. The second kappa shape index (κ2) is 3.86. The molecule has 0 saturated heterocycles. The van der Waals surface area contributed by atoms with Crippen LogP contribution in [0.1, 0.15) is 0 Å². The van der Waals surface area contributed by atoms with Crippen molar-refractivity contribution in [3.63, 3.8) is 0 Å². The van der Waals surface area contributed by atoms with Crippen LogP contribution in [0.25, 0.3) is 0 Å². The van der Waals surface area contributed by atoms with Gasteiger partial charge in [-0.3, -0.25) is 0 Å². The van der Waals surface area contributed by atoms with Gasteiger partial charge in [-0.1, -0.05) is 0 Å². The number of amides is 1. The van der Waals surface area contributed by atoms with Crippen LogP contribution in [-0.2, 0) is 0 Å². The van der Waals surface area contributed by atoms with E-state index in [1.54, 1.807) is 0 Å². The highest BCUT2D eigenvalue weighted by molar-refractivity contribution is 7.82. The molecule has 0 radical (unpaired) electrons. The Kier molecular flexibility index (Phi) is 3.81. The van der Waals surface area contributed by atoms with Gasteiger partial charge in [0.05, 0.1) is 4.71 Å². The maximum absolute atomic E-state index is 9.70. The van der Waals surface area contributed by atoms with Crippen LogP contribution in [0.2, 0.25) is 0 Å². The third-order valence-electron chi connectivity index (χ3n) is 0.422. The number of carboxylic acid groups (broad SMARTS) is 1. The fourth-order valence-electron chi connectivity index (χ4n) is 0.172. The third-order valence-corrected chi connectivity index (χ3v) is 0.759. The number of thiol groups is 1. The lowest BCUT2D eigenvalue weighted by Crippen LogP contribution is -2.25. The summed E-state index contributed by atoms with van der Waals surface area (Å²) in [7, 11) is 0. The maximum Gasteiger partial charge on any atom is 0.404 e. The highest BCUT2D eigenvalue weighted by atomic mass is 35.5. The normalized spacial score (nSPS) is 12.8. The standard InChI is InChI=1S/C3H6ClNO2S/c4-2(8)1-5-3(6)7/h2,5,8H,1H2,(H,6,7). The van der Waals surface area contributed by atoms with Crippen molar-refractivity contribution < 1.29 is 9.90 Å². The summed E-state index contributed by atoms with van der Waals surface area (Å²) in [6.45, 7) is 0.167. The lowest BCUT2D eigenvalue weighted by atomic mass is 10.7. The van der Waals surface area contributed by atoms with Gasteiger partial charge in [0, 0.05) is 6.54 Å². The molecule has 48 valence electrons. The Balaban J connectivity index is 3.05. The molecule has 0 bridgehead atoms. The van der Waals surface area contributed by atoms with Crippen LogP contribution in [0.4, 0.5) is 4.79 Å². The Labute approximate surface area is 57.4 Å². The van der Waals surface area contributed by atoms with Gasteiger partial charge in [0.1, 0.15) is 0 Å². The van der Waals surface area contributed by atoms with Gasteiger partial charge in [0.25, 0.3) is 0 Å². The van der Waals surface area contributed by atoms with Gasteiger partial charge < -0.3 is 10.4 Å². The zero-order valence-electron chi connectivity index (χ0n) is 3.97. The molecule has 3 nitrogen and oxygen atoms in total. The molecule has 0 aromatic heterocycles. The second-order valence-corrected chi connectivity index (χ2v) is 2.57. The van der Waals surface area contributed by atoms with Gasteiger partial charge in [-0.2, -0.15) is 12.6 Å². The summed E-state index contributed by atoms with van der Waals surface area (Å²) in [6, 6.07) is 0. The van der Waals surface area contributed by atoms with E-state index in [-0.39, 0.29) is 6.54 Å². The van der Waals surface area contributed by atoms with E-state index in [2.05, 4.69) is 17.9 Å². The molecule has 8 heavy (non-hydrogen) atoms. The quantitative estimate of drug-likeness (QED) is 0.407. The molecule has 0 heterocycles. The maximum atomic E-state index is 9.70. The lowest BCUT2D eigenvalue weighted by molar-refractivity contribution is 0.195. The third kappa shape index (κ3) is 5.91. The van der Waals surface area contributed by atoms with E-state index in [4.69, 9.17) is 16.7 Å². The number of carbonyl (C=O) groups is 1. The summed E-state index contributed by atoms with van der Waals surface area (Å²) in [5.74, 6) is 0. The van der Waals surface area contributed by atoms with E-state index in [9.17, 15) is 4.79 Å². The Bertz CT molecular complexity index is 87.4. The number of halogens is 1. The number of alkyl halides is 1. The monoisotopic (exact) mass is 155 g/mol. The first-order valence-corrected chi connectivity index (χ1v) is 2.87. The average Bonchev–Trinajstić information content (AvgIpc) is 1.61. The Morgan fingerprint density at radius 3 is 2.62 bits per heavy atom. The van der Waals surface area contributed by atoms with Gasteiger partial charge in [-0.25, -0.2) is 4.79 Å². The van der Waals surface area contributed by atoms with Crippen molar-refractivity contribution in [2.45, 2.75) is 4.71 Å². The first kappa shape index (κ1) is 7.91. The smallest absolute Gasteiger partial charge is 0.404 e. The summed E-state index contributed by atoms with van der Waals surface area (Å²) in [5, 5.41) is 10.0. The van der Waals surface area contributed by atoms with Crippen LogP contribution in [0.15, 0.2) is 0 Å². The van der Waals surface area contributed by atoms with Crippen molar-refractivity contribution in [2.75, 3.05) is 6.54 Å². The zero-order chi connectivity index (χ0) is 6.57. The zero-order valence-corrected chi connectivity index (χ0v) is 5.62. The first-order chi connectivity index (χ1) is 3.63. The highest BCUT2D eigenvalue weighted by Crippen LogP contribution is 1.96. The van der Waals surface area contributed by atoms with E-state index in [1.165, 1.54) is 0 Å². The van der Waals surface area contributed by atoms with Gasteiger partial charge in [-0.05, 0) is 0 Å². The largest absolute Gasteiger partial charge is 0.465 e. The van der Waals surface area contributed by atoms with Gasteiger partial charge in [-0.15, -0.1) is 11.6 Å². The van der Waals surface area contributed by atoms with Crippen molar-refractivity contribution in [3.8, 4) is 0 Å². The number of hydrogen-bond acceptors (Lipinski definition) is 2. The molecular formula is C3H6ClNO2S. The molecule has 1 amide bonds. The molecule has 1 atom stereocenters. The summed E-state index contributed by atoms with van der Waals surface area (Å²) in [5.41, 5.74) is 0. The average molecular weight is 156 g/mol. The highest BCUT2D eigenvalue weighted by Gasteiger charge is 1.97. The number of nitrogens with one attached hydrogen (secondary N) is 1. The topological polar surface area (TPSA) is 49.3 Å². The van der Waals surface area contributed by atoms with Crippen molar-refractivity contribution >= 4 is 30.3 Å². The lowest BCUT2D eigenvalue weighted by Gasteiger charge is -1.98. The van der Waals surface area contributed by atoms with Crippen LogP contribution in [0.3, 0.4) is 0 Å². The van der Waals surface area contributed by atoms with Crippen LogP contribution in [0, 0.1) is 0 Å². The molecule has 5 heteroatoms. The van der Waals surface area contributed by atoms with Gasteiger partial charge in [0.2, 0.25) is 0 Å². The van der Waals surface area contributed by atoms with Gasteiger partial charge >= 0.3 is 6.09 Å². The minimum atomic E-state index is -1.08. The molecule has 1 unspecified atom stereocenters. The molecule has 0 saturated carbocycles. The van der Waals surface area contributed by atoms with Crippen molar-refractivity contribution in [1.29, 1.82) is 0 Å². The van der Waals surface area contributed by atoms with Crippen LogP contribution in [0.5, 0.6) is 0 Å². The van der Waals surface area contributed by atoms with E-state index >= 15 is 0 Å².